The van der Waals surface area contributed by atoms with Crippen molar-refractivity contribution in [1.29, 1.82) is 0 Å². The number of carbonyl (C=O) groups excluding carboxylic acids is 2. The van der Waals surface area contributed by atoms with Crippen LogP contribution in [-0.4, -0.2) is 35.0 Å². The maximum Gasteiger partial charge on any atom is 0.433 e. The van der Waals surface area contributed by atoms with Gasteiger partial charge in [-0.05, 0) is 18.2 Å². The predicted molar refractivity (Wildman–Crippen MR) is 87.3 cm³/mol. The number of nitro groups is 1. The summed E-state index contributed by atoms with van der Waals surface area (Å²) in [4.78, 5) is 34.3. The SMILES string of the molecule is O=C(NCCO)/C(=C\c1ccc([N+](=O)[O-])o1)NC(=O)c1ccccc1. The van der Waals surface area contributed by atoms with Crippen molar-refractivity contribution in [1.82, 2.24) is 10.6 Å². The maximum atomic E-state index is 12.2. The molecule has 0 saturated carbocycles. The molecule has 1 aromatic heterocycles. The van der Waals surface area contributed by atoms with Crippen LogP contribution in [0.15, 0.2) is 52.6 Å². The Bertz CT molecular complexity index is 797. The first-order chi connectivity index (χ1) is 12.0. The molecule has 9 nitrogen and oxygen atoms in total. The Morgan fingerprint density at radius 3 is 2.52 bits per heavy atom. The van der Waals surface area contributed by atoms with Crippen molar-refractivity contribution in [3.05, 3.63) is 69.6 Å². The fraction of sp³-hybridized carbons (Fsp3) is 0.125. The van der Waals surface area contributed by atoms with Crippen LogP contribution in [0.25, 0.3) is 6.08 Å². The van der Waals surface area contributed by atoms with Crippen LogP contribution in [-0.2, 0) is 4.79 Å². The second-order valence-corrected chi connectivity index (χ2v) is 4.79. The lowest BCUT2D eigenvalue weighted by Gasteiger charge is -2.10. The Morgan fingerprint density at radius 2 is 1.92 bits per heavy atom. The fourth-order valence-electron chi connectivity index (χ4n) is 1.87. The summed E-state index contributed by atoms with van der Waals surface area (Å²) >= 11 is 0. The van der Waals surface area contributed by atoms with E-state index in [0.717, 1.165) is 6.07 Å². The molecule has 0 spiro atoms. The highest BCUT2D eigenvalue weighted by Gasteiger charge is 2.17. The van der Waals surface area contributed by atoms with Crippen LogP contribution in [0.5, 0.6) is 0 Å². The van der Waals surface area contributed by atoms with Gasteiger partial charge in [-0.3, -0.25) is 19.7 Å². The van der Waals surface area contributed by atoms with Crippen molar-refractivity contribution in [3.63, 3.8) is 0 Å². The summed E-state index contributed by atoms with van der Waals surface area (Å²) in [6.45, 7) is -0.298. The molecule has 1 heterocycles. The van der Waals surface area contributed by atoms with Gasteiger partial charge in [0.1, 0.15) is 16.4 Å². The summed E-state index contributed by atoms with van der Waals surface area (Å²) in [6, 6.07) is 10.6. The lowest BCUT2D eigenvalue weighted by molar-refractivity contribution is -0.402. The molecule has 1 aromatic carbocycles. The minimum absolute atomic E-state index is 0.0182. The smallest absolute Gasteiger partial charge is 0.401 e. The van der Waals surface area contributed by atoms with E-state index in [1.54, 1.807) is 30.3 Å². The predicted octanol–water partition coefficient (Wildman–Crippen LogP) is 1.07. The Kier molecular flexibility index (Phi) is 6.02. The second-order valence-electron chi connectivity index (χ2n) is 4.79. The first-order valence-corrected chi connectivity index (χ1v) is 7.22. The van der Waals surface area contributed by atoms with E-state index < -0.39 is 22.6 Å². The molecule has 0 bridgehead atoms. The van der Waals surface area contributed by atoms with E-state index in [1.807, 2.05) is 0 Å². The van der Waals surface area contributed by atoms with Crippen molar-refractivity contribution in [2.45, 2.75) is 0 Å². The standard InChI is InChI=1S/C16H15N3O6/c20-9-8-17-16(22)13(10-12-6-7-14(25-12)19(23)24)18-15(21)11-4-2-1-3-5-11/h1-7,10,20H,8-9H2,(H,17,22)(H,18,21)/b13-10+. The number of benzene rings is 1. The average molecular weight is 345 g/mol. The van der Waals surface area contributed by atoms with Crippen molar-refractivity contribution in [2.75, 3.05) is 13.2 Å². The number of amides is 2. The van der Waals surface area contributed by atoms with Gasteiger partial charge < -0.3 is 20.2 Å². The molecule has 25 heavy (non-hydrogen) atoms. The Labute approximate surface area is 142 Å². The van der Waals surface area contributed by atoms with Crippen molar-refractivity contribution >= 4 is 23.8 Å². The van der Waals surface area contributed by atoms with E-state index in [0.29, 0.717) is 5.56 Å². The van der Waals surface area contributed by atoms with Crippen molar-refractivity contribution in [2.24, 2.45) is 0 Å². The summed E-state index contributed by atoms with van der Waals surface area (Å²) in [7, 11) is 0. The van der Waals surface area contributed by atoms with Gasteiger partial charge in [-0.25, -0.2) is 0 Å². The van der Waals surface area contributed by atoms with Gasteiger partial charge in [0.25, 0.3) is 11.8 Å². The first-order valence-electron chi connectivity index (χ1n) is 7.22. The molecule has 9 heteroatoms. The van der Waals surface area contributed by atoms with Crippen molar-refractivity contribution < 1.29 is 24.0 Å². The highest BCUT2D eigenvalue weighted by Crippen LogP contribution is 2.17. The van der Waals surface area contributed by atoms with Gasteiger partial charge in [0.15, 0.2) is 0 Å². The third-order valence-electron chi connectivity index (χ3n) is 3.01. The van der Waals surface area contributed by atoms with Gasteiger partial charge in [0.2, 0.25) is 0 Å². The van der Waals surface area contributed by atoms with Gasteiger partial charge in [-0.1, -0.05) is 18.2 Å². The van der Waals surface area contributed by atoms with Crippen LogP contribution >= 0.6 is 0 Å². The van der Waals surface area contributed by atoms with Gasteiger partial charge in [-0.2, -0.15) is 0 Å². The van der Waals surface area contributed by atoms with E-state index in [1.165, 1.54) is 12.1 Å². The fourth-order valence-corrected chi connectivity index (χ4v) is 1.87. The molecular formula is C16H15N3O6. The molecule has 0 aliphatic heterocycles. The van der Waals surface area contributed by atoms with Gasteiger partial charge in [0.05, 0.1) is 12.7 Å². The van der Waals surface area contributed by atoms with Gasteiger partial charge in [-0.15, -0.1) is 0 Å². The molecule has 0 aliphatic rings. The number of hydrogen-bond acceptors (Lipinski definition) is 6. The Morgan fingerprint density at radius 1 is 1.20 bits per heavy atom. The van der Waals surface area contributed by atoms with Gasteiger partial charge >= 0.3 is 5.88 Å². The van der Waals surface area contributed by atoms with Crippen molar-refractivity contribution in [3.8, 4) is 0 Å². The number of nitrogens with one attached hydrogen (secondary N) is 2. The topological polar surface area (TPSA) is 135 Å². The Hall–Kier alpha value is -3.46. The highest BCUT2D eigenvalue weighted by atomic mass is 16.6. The number of aliphatic hydroxyl groups excluding tert-OH is 1. The number of nitrogens with zero attached hydrogens (tertiary/aromatic N) is 1. The normalized spacial score (nSPS) is 11.0. The number of rotatable bonds is 7. The Balaban J connectivity index is 2.25. The zero-order chi connectivity index (χ0) is 18.2. The average Bonchev–Trinajstić information content (AvgIpc) is 3.08. The molecule has 0 aliphatic carbocycles. The number of aliphatic hydroxyl groups is 1. The first kappa shape index (κ1) is 17.9. The summed E-state index contributed by atoms with van der Waals surface area (Å²) in [6.07, 6.45) is 1.17. The molecule has 0 saturated heterocycles. The summed E-state index contributed by atoms with van der Waals surface area (Å²) < 4.78 is 4.96. The summed E-state index contributed by atoms with van der Waals surface area (Å²) in [5.74, 6) is -1.67. The molecule has 0 fully saturated rings. The van der Waals surface area contributed by atoms with Crippen LogP contribution < -0.4 is 10.6 Å². The zero-order valence-corrected chi connectivity index (χ0v) is 13.0. The second kappa shape index (κ2) is 8.41. The molecule has 3 N–H and O–H groups in total. The quantitative estimate of drug-likeness (QED) is 0.390. The summed E-state index contributed by atoms with van der Waals surface area (Å²) in [5, 5.41) is 24.3. The van der Waals surface area contributed by atoms with Crippen LogP contribution in [0.4, 0.5) is 5.88 Å². The van der Waals surface area contributed by atoms with E-state index in [9.17, 15) is 19.7 Å². The summed E-state index contributed by atoms with van der Waals surface area (Å²) in [5.41, 5.74) is 0.153. The van der Waals surface area contributed by atoms with E-state index in [2.05, 4.69) is 10.6 Å². The highest BCUT2D eigenvalue weighted by molar-refractivity contribution is 6.05. The number of hydrogen-bond donors (Lipinski definition) is 3. The molecule has 2 rings (SSSR count). The zero-order valence-electron chi connectivity index (χ0n) is 13.0. The van der Waals surface area contributed by atoms with E-state index in [4.69, 9.17) is 9.52 Å². The molecule has 0 unspecified atom stereocenters. The van der Waals surface area contributed by atoms with Gasteiger partial charge in [0, 0.05) is 18.2 Å². The minimum atomic E-state index is -0.717. The third-order valence-corrected chi connectivity index (χ3v) is 3.01. The van der Waals surface area contributed by atoms with Crippen LogP contribution in [0.2, 0.25) is 0 Å². The third kappa shape index (κ3) is 5.01. The van der Waals surface area contributed by atoms with Crippen LogP contribution in [0, 0.1) is 10.1 Å². The molecule has 130 valence electrons. The molecule has 2 aromatic rings. The molecular weight excluding hydrogens is 330 g/mol. The number of furan rings is 1. The van der Waals surface area contributed by atoms with Crippen LogP contribution in [0.1, 0.15) is 16.1 Å². The molecule has 0 atom stereocenters. The lowest BCUT2D eigenvalue weighted by atomic mass is 10.2. The van der Waals surface area contributed by atoms with Crippen LogP contribution in [0.3, 0.4) is 0 Å². The maximum absolute atomic E-state index is 12.2. The molecule has 0 radical (unpaired) electrons. The largest absolute Gasteiger partial charge is 0.433 e. The van der Waals surface area contributed by atoms with E-state index in [-0.39, 0.29) is 24.6 Å². The number of carbonyl (C=O) groups is 2. The van der Waals surface area contributed by atoms with E-state index >= 15 is 0 Å². The minimum Gasteiger partial charge on any atom is -0.401 e. The lowest BCUT2D eigenvalue weighted by Crippen LogP contribution is -2.36. The molecule has 2 amide bonds. The monoisotopic (exact) mass is 345 g/mol.